The molecule has 3 heteroatoms. The summed E-state index contributed by atoms with van der Waals surface area (Å²) in [7, 11) is 0. The van der Waals surface area contributed by atoms with Gasteiger partial charge >= 0.3 is 0 Å². The Morgan fingerprint density at radius 1 is 1.44 bits per heavy atom. The van der Waals surface area contributed by atoms with Gasteiger partial charge in [0.15, 0.2) is 0 Å². The second-order valence-electron chi connectivity index (χ2n) is 5.37. The topological polar surface area (TPSA) is 20.2 Å². The summed E-state index contributed by atoms with van der Waals surface area (Å²) in [5.41, 5.74) is 0.493. The van der Waals surface area contributed by atoms with Crippen LogP contribution in [0.1, 0.15) is 44.6 Å². The molecular weight excluding hydrogens is 312 g/mol. The zero-order chi connectivity index (χ0) is 13.2. The lowest BCUT2D eigenvalue weighted by Gasteiger charge is -2.40. The average Bonchev–Trinajstić information content (AvgIpc) is 2.33. The van der Waals surface area contributed by atoms with Gasteiger partial charge in [0.2, 0.25) is 0 Å². The maximum Gasteiger partial charge on any atom is 0.0716 e. The number of halogens is 2. The molecule has 100 valence electrons. The van der Waals surface area contributed by atoms with E-state index < -0.39 is 5.60 Å². The molecule has 2 rings (SSSR count). The molecule has 2 atom stereocenters. The van der Waals surface area contributed by atoms with E-state index in [4.69, 9.17) is 11.6 Å². The van der Waals surface area contributed by atoms with Gasteiger partial charge < -0.3 is 5.11 Å². The normalized spacial score (nSPS) is 28.3. The molecule has 1 aliphatic carbocycles. The second kappa shape index (κ2) is 5.94. The Morgan fingerprint density at radius 3 is 2.89 bits per heavy atom. The molecule has 1 fully saturated rings. The lowest BCUT2D eigenvalue weighted by Crippen LogP contribution is -2.42. The van der Waals surface area contributed by atoms with E-state index in [1.807, 2.05) is 18.2 Å². The summed E-state index contributed by atoms with van der Waals surface area (Å²) in [5.74, 6) is 0.408. The monoisotopic (exact) mass is 330 g/mol. The first kappa shape index (κ1) is 14.4. The van der Waals surface area contributed by atoms with Crippen molar-refractivity contribution >= 4 is 27.5 Å². The molecule has 1 N–H and O–H groups in total. The van der Waals surface area contributed by atoms with Crippen molar-refractivity contribution in [2.75, 3.05) is 0 Å². The molecule has 0 aromatic heterocycles. The smallest absolute Gasteiger partial charge is 0.0716 e. The number of hydrogen-bond acceptors (Lipinski definition) is 1. The van der Waals surface area contributed by atoms with Crippen molar-refractivity contribution < 1.29 is 5.11 Å². The summed E-state index contributed by atoms with van der Waals surface area (Å²) < 4.78 is 0.985. The van der Waals surface area contributed by atoms with Crippen LogP contribution in [-0.2, 0) is 6.42 Å². The van der Waals surface area contributed by atoms with E-state index in [2.05, 4.69) is 22.9 Å². The Labute approximate surface area is 123 Å². The van der Waals surface area contributed by atoms with Crippen molar-refractivity contribution in [3.05, 3.63) is 33.3 Å². The summed E-state index contributed by atoms with van der Waals surface area (Å²) in [6, 6.07) is 5.92. The molecule has 0 bridgehead atoms. The quantitative estimate of drug-likeness (QED) is 0.828. The van der Waals surface area contributed by atoms with Crippen LogP contribution in [0.25, 0.3) is 0 Å². The molecule has 1 nitrogen and oxygen atoms in total. The number of benzene rings is 1. The van der Waals surface area contributed by atoms with Crippen LogP contribution in [0.3, 0.4) is 0 Å². The third kappa shape index (κ3) is 3.09. The molecule has 1 aromatic rings. The van der Waals surface area contributed by atoms with Crippen LogP contribution < -0.4 is 0 Å². The third-order valence-corrected chi connectivity index (χ3v) is 5.02. The summed E-state index contributed by atoms with van der Waals surface area (Å²) in [6.45, 7) is 2.17. The predicted octanol–water partition coefficient (Wildman–Crippen LogP) is 4.98. The zero-order valence-corrected chi connectivity index (χ0v) is 13.1. The van der Waals surface area contributed by atoms with Crippen molar-refractivity contribution in [3.63, 3.8) is 0 Å². The predicted molar refractivity (Wildman–Crippen MR) is 80.1 cm³/mol. The molecule has 1 aromatic carbocycles. The number of hydrogen-bond donors (Lipinski definition) is 1. The van der Waals surface area contributed by atoms with Gasteiger partial charge in [-0.15, -0.1) is 0 Å². The van der Waals surface area contributed by atoms with Crippen molar-refractivity contribution in [1.29, 1.82) is 0 Å². The minimum Gasteiger partial charge on any atom is -0.389 e. The lowest BCUT2D eigenvalue weighted by atomic mass is 9.71. The van der Waals surface area contributed by atoms with E-state index in [-0.39, 0.29) is 0 Å². The van der Waals surface area contributed by atoms with E-state index in [0.717, 1.165) is 40.7 Å². The Balaban J connectivity index is 2.20. The van der Waals surface area contributed by atoms with Gasteiger partial charge in [-0.2, -0.15) is 0 Å². The Kier molecular flexibility index (Phi) is 4.74. The first-order valence-corrected chi connectivity index (χ1v) is 7.88. The van der Waals surface area contributed by atoms with Crippen LogP contribution in [0, 0.1) is 5.92 Å². The van der Waals surface area contributed by atoms with E-state index in [0.29, 0.717) is 12.3 Å². The van der Waals surface area contributed by atoms with Gasteiger partial charge in [-0.25, -0.2) is 0 Å². The van der Waals surface area contributed by atoms with Gasteiger partial charge in [0, 0.05) is 15.9 Å². The van der Waals surface area contributed by atoms with Crippen molar-refractivity contribution in [1.82, 2.24) is 0 Å². The SMILES string of the molecule is CCC1CCCCC1(O)Cc1ccc(Br)cc1Cl. The molecule has 0 radical (unpaired) electrons. The van der Waals surface area contributed by atoms with Gasteiger partial charge in [0.05, 0.1) is 5.60 Å². The van der Waals surface area contributed by atoms with Crippen LogP contribution in [0.15, 0.2) is 22.7 Å². The van der Waals surface area contributed by atoms with E-state index in [1.54, 1.807) is 0 Å². The first-order chi connectivity index (χ1) is 8.55. The van der Waals surface area contributed by atoms with Gasteiger partial charge in [0.1, 0.15) is 0 Å². The maximum atomic E-state index is 10.9. The fraction of sp³-hybridized carbons (Fsp3) is 0.600. The van der Waals surface area contributed by atoms with Crippen LogP contribution in [0.5, 0.6) is 0 Å². The van der Waals surface area contributed by atoms with Gasteiger partial charge in [-0.05, 0) is 36.5 Å². The van der Waals surface area contributed by atoms with E-state index in [9.17, 15) is 5.11 Å². The highest BCUT2D eigenvalue weighted by Gasteiger charge is 2.38. The highest BCUT2D eigenvalue weighted by molar-refractivity contribution is 9.10. The third-order valence-electron chi connectivity index (χ3n) is 4.18. The maximum absolute atomic E-state index is 10.9. The first-order valence-electron chi connectivity index (χ1n) is 6.71. The minimum absolute atomic E-state index is 0.408. The lowest BCUT2D eigenvalue weighted by molar-refractivity contribution is -0.0491. The highest BCUT2D eigenvalue weighted by Crippen LogP contribution is 2.39. The van der Waals surface area contributed by atoms with Gasteiger partial charge in [-0.3, -0.25) is 0 Å². The molecule has 0 spiro atoms. The average molecular weight is 332 g/mol. The Hall–Kier alpha value is -0.0500. The Bertz CT molecular complexity index is 421. The highest BCUT2D eigenvalue weighted by atomic mass is 79.9. The fourth-order valence-corrected chi connectivity index (χ4v) is 3.85. The number of aliphatic hydroxyl groups is 1. The summed E-state index contributed by atoms with van der Waals surface area (Å²) in [5, 5.41) is 11.7. The standard InChI is InChI=1S/C15H20BrClO/c1-2-12-5-3-4-8-15(12,18)10-11-6-7-13(16)9-14(11)17/h6-7,9,12,18H,2-5,8,10H2,1H3. The largest absolute Gasteiger partial charge is 0.389 e. The van der Waals surface area contributed by atoms with Crippen molar-refractivity contribution in [3.8, 4) is 0 Å². The number of rotatable bonds is 3. The van der Waals surface area contributed by atoms with Crippen LogP contribution in [0.2, 0.25) is 5.02 Å². The van der Waals surface area contributed by atoms with Crippen molar-refractivity contribution in [2.24, 2.45) is 5.92 Å². The fourth-order valence-electron chi connectivity index (χ4n) is 3.11. The molecule has 0 amide bonds. The van der Waals surface area contributed by atoms with Crippen LogP contribution >= 0.6 is 27.5 Å². The molecule has 0 heterocycles. The summed E-state index contributed by atoms with van der Waals surface area (Å²) in [4.78, 5) is 0. The minimum atomic E-state index is -0.565. The van der Waals surface area contributed by atoms with Crippen LogP contribution in [0.4, 0.5) is 0 Å². The second-order valence-corrected chi connectivity index (χ2v) is 6.69. The molecule has 2 unspecified atom stereocenters. The molecule has 1 saturated carbocycles. The van der Waals surface area contributed by atoms with Crippen molar-refractivity contribution in [2.45, 2.75) is 51.0 Å². The summed E-state index contributed by atoms with van der Waals surface area (Å²) in [6.07, 6.45) is 6.14. The molecule has 18 heavy (non-hydrogen) atoms. The molecule has 0 aliphatic heterocycles. The zero-order valence-electron chi connectivity index (χ0n) is 10.8. The molecular formula is C15H20BrClO. The summed E-state index contributed by atoms with van der Waals surface area (Å²) >= 11 is 9.67. The van der Waals surface area contributed by atoms with Gasteiger partial charge in [0.25, 0.3) is 0 Å². The van der Waals surface area contributed by atoms with Gasteiger partial charge in [-0.1, -0.05) is 59.8 Å². The van der Waals surface area contributed by atoms with E-state index >= 15 is 0 Å². The van der Waals surface area contributed by atoms with E-state index in [1.165, 1.54) is 6.42 Å². The Morgan fingerprint density at radius 2 is 2.22 bits per heavy atom. The molecule has 0 saturated heterocycles. The van der Waals surface area contributed by atoms with Crippen LogP contribution in [-0.4, -0.2) is 10.7 Å². The molecule has 1 aliphatic rings.